The zero-order chi connectivity index (χ0) is 19.8. The third-order valence-electron chi connectivity index (χ3n) is 4.99. The molecule has 0 amide bonds. The monoisotopic (exact) mass is 399 g/mol. The molecule has 0 bridgehead atoms. The largest absolute Gasteiger partial charge is 0.437 e. The standard InChI is InChI=1S/C24H18ClN3O/c1-16-6-5-7-18-14-21-23(26-15-17-10-12-19(25)13-11-17)28(20-8-3-2-4-9-20)27-24(21)29-22(16)18/h2-13,15H,14H2,1H3. The average molecular weight is 400 g/mol. The van der Waals surface area contributed by atoms with Crippen molar-refractivity contribution in [3.05, 3.63) is 100 Å². The number of hydrogen-bond donors (Lipinski definition) is 0. The van der Waals surface area contributed by atoms with E-state index in [9.17, 15) is 0 Å². The second-order valence-electron chi connectivity index (χ2n) is 7.01. The number of benzene rings is 3. The maximum Gasteiger partial charge on any atom is 0.244 e. The Labute approximate surface area is 174 Å². The molecule has 4 aromatic rings. The highest BCUT2D eigenvalue weighted by molar-refractivity contribution is 6.30. The van der Waals surface area contributed by atoms with E-state index in [4.69, 9.17) is 26.4 Å². The van der Waals surface area contributed by atoms with Crippen LogP contribution in [0.15, 0.2) is 77.8 Å². The lowest BCUT2D eigenvalue weighted by Gasteiger charge is -2.17. The summed E-state index contributed by atoms with van der Waals surface area (Å²) in [4.78, 5) is 4.80. The molecule has 1 aliphatic heterocycles. The zero-order valence-electron chi connectivity index (χ0n) is 15.8. The summed E-state index contributed by atoms with van der Waals surface area (Å²) in [6.07, 6.45) is 2.56. The Balaban J connectivity index is 1.63. The normalized spacial score (nSPS) is 12.5. The van der Waals surface area contributed by atoms with E-state index in [0.717, 1.165) is 45.9 Å². The zero-order valence-corrected chi connectivity index (χ0v) is 16.6. The Hall–Kier alpha value is -3.37. The van der Waals surface area contributed by atoms with Crippen LogP contribution >= 0.6 is 11.6 Å². The van der Waals surface area contributed by atoms with Crippen LogP contribution in [0.2, 0.25) is 5.02 Å². The van der Waals surface area contributed by atoms with Crippen LogP contribution < -0.4 is 4.74 Å². The third kappa shape index (κ3) is 3.32. The summed E-state index contributed by atoms with van der Waals surface area (Å²) in [6, 6.07) is 23.8. The molecular formula is C24H18ClN3O. The molecule has 2 heterocycles. The van der Waals surface area contributed by atoms with E-state index in [1.54, 1.807) is 0 Å². The number of nitrogens with zero attached hydrogens (tertiary/aromatic N) is 3. The van der Waals surface area contributed by atoms with Crippen LogP contribution in [-0.4, -0.2) is 16.0 Å². The molecule has 3 aromatic carbocycles. The molecule has 0 saturated carbocycles. The first kappa shape index (κ1) is 17.7. The summed E-state index contributed by atoms with van der Waals surface area (Å²) in [5.41, 5.74) is 5.14. The summed E-state index contributed by atoms with van der Waals surface area (Å²) in [6.45, 7) is 2.05. The maximum absolute atomic E-state index is 6.20. The van der Waals surface area contributed by atoms with Crippen LogP contribution in [0.3, 0.4) is 0 Å². The molecule has 0 atom stereocenters. The Kier molecular flexibility index (Phi) is 4.41. The molecule has 29 heavy (non-hydrogen) atoms. The van der Waals surface area contributed by atoms with Gasteiger partial charge in [-0.15, -0.1) is 5.10 Å². The molecule has 1 aliphatic rings. The van der Waals surface area contributed by atoms with Crippen LogP contribution in [0.25, 0.3) is 5.69 Å². The van der Waals surface area contributed by atoms with E-state index < -0.39 is 0 Å². The van der Waals surface area contributed by atoms with Gasteiger partial charge < -0.3 is 4.74 Å². The maximum atomic E-state index is 6.20. The van der Waals surface area contributed by atoms with Crippen LogP contribution in [-0.2, 0) is 6.42 Å². The van der Waals surface area contributed by atoms with Gasteiger partial charge in [-0.2, -0.15) is 0 Å². The SMILES string of the molecule is Cc1cccc2c1Oc1nn(-c3ccccc3)c(N=Cc3ccc(Cl)cc3)c1C2. The first-order valence-electron chi connectivity index (χ1n) is 9.42. The second kappa shape index (κ2) is 7.22. The van der Waals surface area contributed by atoms with Crippen molar-refractivity contribution in [2.24, 2.45) is 4.99 Å². The highest BCUT2D eigenvalue weighted by Gasteiger charge is 2.27. The molecule has 0 radical (unpaired) electrons. The summed E-state index contributed by atoms with van der Waals surface area (Å²) in [5, 5.41) is 5.45. The third-order valence-corrected chi connectivity index (χ3v) is 5.24. The van der Waals surface area contributed by atoms with E-state index in [1.165, 1.54) is 0 Å². The quantitative estimate of drug-likeness (QED) is 0.335. The van der Waals surface area contributed by atoms with Crippen LogP contribution in [0, 0.1) is 6.92 Å². The van der Waals surface area contributed by atoms with Crippen molar-refractivity contribution in [1.29, 1.82) is 0 Å². The van der Waals surface area contributed by atoms with Crippen LogP contribution in [0.1, 0.15) is 22.3 Å². The number of aliphatic imine (C=N–C) groups is 1. The number of hydrogen-bond acceptors (Lipinski definition) is 3. The van der Waals surface area contributed by atoms with Crippen molar-refractivity contribution < 1.29 is 4.74 Å². The Morgan fingerprint density at radius 1 is 1.00 bits per heavy atom. The molecule has 0 fully saturated rings. The predicted octanol–water partition coefficient (Wildman–Crippen LogP) is 6.28. The van der Waals surface area contributed by atoms with Gasteiger partial charge in [0.25, 0.3) is 0 Å². The number of halogens is 1. The predicted molar refractivity (Wildman–Crippen MR) is 116 cm³/mol. The minimum Gasteiger partial charge on any atom is -0.437 e. The molecule has 0 saturated heterocycles. The minimum atomic E-state index is 0.610. The van der Waals surface area contributed by atoms with Gasteiger partial charge in [-0.3, -0.25) is 0 Å². The van der Waals surface area contributed by atoms with Gasteiger partial charge in [0.2, 0.25) is 5.88 Å². The number of para-hydroxylation sites is 2. The first-order valence-corrected chi connectivity index (χ1v) is 9.80. The van der Waals surface area contributed by atoms with E-state index in [-0.39, 0.29) is 0 Å². The van der Waals surface area contributed by atoms with Gasteiger partial charge in [-0.1, -0.05) is 60.1 Å². The Bertz CT molecular complexity index is 1210. The highest BCUT2D eigenvalue weighted by atomic mass is 35.5. The van der Waals surface area contributed by atoms with Gasteiger partial charge in [0.15, 0.2) is 5.82 Å². The molecule has 5 heteroatoms. The van der Waals surface area contributed by atoms with Crippen molar-refractivity contribution in [2.75, 3.05) is 0 Å². The summed E-state index contributed by atoms with van der Waals surface area (Å²) in [7, 11) is 0. The fourth-order valence-corrected chi connectivity index (χ4v) is 3.64. The number of aromatic nitrogens is 2. The fraction of sp³-hybridized carbons (Fsp3) is 0.0833. The van der Waals surface area contributed by atoms with Crippen molar-refractivity contribution in [3.63, 3.8) is 0 Å². The van der Waals surface area contributed by atoms with Crippen molar-refractivity contribution in [2.45, 2.75) is 13.3 Å². The summed E-state index contributed by atoms with van der Waals surface area (Å²) in [5.74, 6) is 2.28. The van der Waals surface area contributed by atoms with Gasteiger partial charge in [0, 0.05) is 17.7 Å². The molecule has 0 N–H and O–H groups in total. The lowest BCUT2D eigenvalue weighted by molar-refractivity contribution is 0.435. The lowest BCUT2D eigenvalue weighted by Crippen LogP contribution is -2.03. The van der Waals surface area contributed by atoms with Gasteiger partial charge >= 0.3 is 0 Å². The van der Waals surface area contributed by atoms with Crippen molar-refractivity contribution >= 4 is 23.6 Å². The van der Waals surface area contributed by atoms with Gasteiger partial charge in [0.05, 0.1) is 11.3 Å². The van der Waals surface area contributed by atoms with Gasteiger partial charge in [-0.25, -0.2) is 9.67 Å². The second-order valence-corrected chi connectivity index (χ2v) is 7.44. The molecule has 142 valence electrons. The van der Waals surface area contributed by atoms with Crippen molar-refractivity contribution in [3.8, 4) is 17.3 Å². The number of ether oxygens (including phenoxy) is 1. The smallest absolute Gasteiger partial charge is 0.244 e. The summed E-state index contributed by atoms with van der Waals surface area (Å²) < 4.78 is 8.04. The minimum absolute atomic E-state index is 0.610. The first-order chi connectivity index (χ1) is 14.2. The van der Waals surface area contributed by atoms with E-state index in [2.05, 4.69) is 25.1 Å². The summed E-state index contributed by atoms with van der Waals surface area (Å²) >= 11 is 6.00. The molecule has 0 aliphatic carbocycles. The molecule has 5 rings (SSSR count). The number of fused-ring (bicyclic) bond motifs is 2. The van der Waals surface area contributed by atoms with Crippen LogP contribution in [0.4, 0.5) is 5.82 Å². The molecule has 1 aromatic heterocycles. The molecular weight excluding hydrogens is 382 g/mol. The van der Waals surface area contributed by atoms with Gasteiger partial charge in [-0.05, 0) is 47.9 Å². The topological polar surface area (TPSA) is 39.4 Å². The number of rotatable bonds is 3. The van der Waals surface area contributed by atoms with Crippen LogP contribution in [0.5, 0.6) is 11.6 Å². The molecule has 0 spiro atoms. The van der Waals surface area contributed by atoms with E-state index >= 15 is 0 Å². The lowest BCUT2D eigenvalue weighted by atomic mass is 10.0. The van der Waals surface area contributed by atoms with E-state index in [0.29, 0.717) is 10.9 Å². The highest BCUT2D eigenvalue weighted by Crippen LogP contribution is 2.42. The Morgan fingerprint density at radius 2 is 1.79 bits per heavy atom. The Morgan fingerprint density at radius 3 is 2.59 bits per heavy atom. The number of aryl methyl sites for hydroxylation is 1. The van der Waals surface area contributed by atoms with Gasteiger partial charge in [0.1, 0.15) is 5.75 Å². The van der Waals surface area contributed by atoms with Crippen molar-refractivity contribution in [1.82, 2.24) is 9.78 Å². The molecule has 4 nitrogen and oxygen atoms in total. The molecule has 0 unspecified atom stereocenters. The van der Waals surface area contributed by atoms with E-state index in [1.807, 2.05) is 65.5 Å². The average Bonchev–Trinajstić information content (AvgIpc) is 3.10. The fourth-order valence-electron chi connectivity index (χ4n) is 3.51.